The third kappa shape index (κ3) is 4.24. The second-order valence-electron chi connectivity index (χ2n) is 6.12. The number of rotatable bonds is 5. The molecule has 0 saturated carbocycles. The van der Waals surface area contributed by atoms with Crippen LogP contribution in [0.3, 0.4) is 0 Å². The SMILES string of the molecule is CC[C@@H](C)C1CN(C(=O)OCc2ccccc2)CC1C(=O)OC. The summed E-state index contributed by atoms with van der Waals surface area (Å²) < 4.78 is 10.3. The molecular weight excluding hydrogens is 294 g/mol. The highest BCUT2D eigenvalue weighted by Gasteiger charge is 2.42. The van der Waals surface area contributed by atoms with Gasteiger partial charge in [-0.05, 0) is 17.4 Å². The second-order valence-corrected chi connectivity index (χ2v) is 6.12. The molecular formula is C18H25NO4. The average Bonchev–Trinajstić information content (AvgIpc) is 3.04. The monoisotopic (exact) mass is 319 g/mol. The van der Waals surface area contributed by atoms with Crippen LogP contribution in [0.25, 0.3) is 0 Å². The molecule has 1 heterocycles. The molecule has 1 aliphatic rings. The van der Waals surface area contributed by atoms with Gasteiger partial charge in [-0.15, -0.1) is 0 Å². The normalized spacial score (nSPS) is 21.8. The van der Waals surface area contributed by atoms with E-state index in [1.54, 1.807) is 4.90 Å². The summed E-state index contributed by atoms with van der Waals surface area (Å²) in [5, 5.41) is 0. The lowest BCUT2D eigenvalue weighted by atomic mass is 9.84. The first kappa shape index (κ1) is 17.3. The van der Waals surface area contributed by atoms with Crippen molar-refractivity contribution >= 4 is 12.1 Å². The van der Waals surface area contributed by atoms with E-state index in [9.17, 15) is 9.59 Å². The number of amides is 1. The molecule has 5 heteroatoms. The van der Waals surface area contributed by atoms with E-state index in [-0.39, 0.29) is 30.5 Å². The minimum absolute atomic E-state index is 0.122. The Hall–Kier alpha value is -2.04. The summed E-state index contributed by atoms with van der Waals surface area (Å²) in [6.07, 6.45) is 0.596. The summed E-state index contributed by atoms with van der Waals surface area (Å²) in [7, 11) is 1.40. The minimum Gasteiger partial charge on any atom is -0.469 e. The zero-order chi connectivity index (χ0) is 16.8. The molecule has 126 valence electrons. The minimum atomic E-state index is -0.367. The van der Waals surface area contributed by atoms with Gasteiger partial charge in [0, 0.05) is 13.1 Å². The Labute approximate surface area is 137 Å². The van der Waals surface area contributed by atoms with E-state index < -0.39 is 0 Å². The van der Waals surface area contributed by atoms with Crippen molar-refractivity contribution in [1.29, 1.82) is 0 Å². The van der Waals surface area contributed by atoms with Crippen molar-refractivity contribution < 1.29 is 19.1 Å². The Morgan fingerprint density at radius 1 is 1.26 bits per heavy atom. The van der Waals surface area contributed by atoms with E-state index in [0.717, 1.165) is 12.0 Å². The number of likely N-dealkylation sites (tertiary alicyclic amines) is 1. The maximum Gasteiger partial charge on any atom is 0.410 e. The van der Waals surface area contributed by atoms with Crippen LogP contribution < -0.4 is 0 Å². The molecule has 1 aromatic rings. The van der Waals surface area contributed by atoms with Crippen molar-refractivity contribution in [2.24, 2.45) is 17.8 Å². The molecule has 0 spiro atoms. The van der Waals surface area contributed by atoms with Crippen LogP contribution in [0.15, 0.2) is 30.3 Å². The lowest BCUT2D eigenvalue weighted by Gasteiger charge is -2.21. The number of hydrogen-bond acceptors (Lipinski definition) is 4. The number of carbonyl (C=O) groups excluding carboxylic acids is 2. The lowest BCUT2D eigenvalue weighted by Crippen LogP contribution is -2.30. The fourth-order valence-electron chi connectivity index (χ4n) is 3.07. The molecule has 0 aromatic heterocycles. The van der Waals surface area contributed by atoms with E-state index in [1.165, 1.54) is 7.11 Å². The molecule has 1 fully saturated rings. The molecule has 2 rings (SSSR count). The third-order valence-corrected chi connectivity index (χ3v) is 4.71. The lowest BCUT2D eigenvalue weighted by molar-refractivity contribution is -0.146. The molecule has 0 N–H and O–H groups in total. The number of methoxy groups -OCH3 is 1. The summed E-state index contributed by atoms with van der Waals surface area (Å²) >= 11 is 0. The van der Waals surface area contributed by atoms with Crippen molar-refractivity contribution in [3.63, 3.8) is 0 Å². The Morgan fingerprint density at radius 3 is 2.57 bits per heavy atom. The zero-order valence-electron chi connectivity index (χ0n) is 14.0. The van der Waals surface area contributed by atoms with Crippen molar-refractivity contribution in [2.75, 3.05) is 20.2 Å². The largest absolute Gasteiger partial charge is 0.469 e. The van der Waals surface area contributed by atoms with Gasteiger partial charge in [0.05, 0.1) is 13.0 Å². The highest BCUT2D eigenvalue weighted by Crippen LogP contribution is 2.32. The first-order chi connectivity index (χ1) is 11.1. The summed E-state index contributed by atoms with van der Waals surface area (Å²) in [6.45, 7) is 5.36. The van der Waals surface area contributed by atoms with Gasteiger partial charge in [0.2, 0.25) is 0 Å². The molecule has 1 aliphatic heterocycles. The average molecular weight is 319 g/mol. The van der Waals surface area contributed by atoms with E-state index >= 15 is 0 Å². The molecule has 5 nitrogen and oxygen atoms in total. The molecule has 1 aromatic carbocycles. The second kappa shape index (κ2) is 7.99. The first-order valence-electron chi connectivity index (χ1n) is 8.10. The number of carbonyl (C=O) groups is 2. The van der Waals surface area contributed by atoms with E-state index in [0.29, 0.717) is 19.0 Å². The molecule has 1 amide bonds. The van der Waals surface area contributed by atoms with Gasteiger partial charge in [-0.1, -0.05) is 50.6 Å². The van der Waals surface area contributed by atoms with Crippen molar-refractivity contribution in [2.45, 2.75) is 26.9 Å². The number of benzene rings is 1. The molecule has 3 atom stereocenters. The number of nitrogens with zero attached hydrogens (tertiary/aromatic N) is 1. The van der Waals surface area contributed by atoms with E-state index in [2.05, 4.69) is 13.8 Å². The predicted octanol–water partition coefficient (Wildman–Crippen LogP) is 3.09. The van der Waals surface area contributed by atoms with Crippen LogP contribution in [-0.2, 0) is 20.9 Å². The van der Waals surface area contributed by atoms with Crippen molar-refractivity contribution in [1.82, 2.24) is 4.90 Å². The van der Waals surface area contributed by atoms with Gasteiger partial charge in [0.1, 0.15) is 6.61 Å². The highest BCUT2D eigenvalue weighted by atomic mass is 16.6. The zero-order valence-corrected chi connectivity index (χ0v) is 14.0. The van der Waals surface area contributed by atoms with Crippen molar-refractivity contribution in [3.05, 3.63) is 35.9 Å². The molecule has 0 aliphatic carbocycles. The van der Waals surface area contributed by atoms with Crippen LogP contribution in [0.4, 0.5) is 4.79 Å². The number of ether oxygens (including phenoxy) is 2. The van der Waals surface area contributed by atoms with E-state index in [4.69, 9.17) is 9.47 Å². The van der Waals surface area contributed by atoms with Crippen LogP contribution >= 0.6 is 0 Å². The van der Waals surface area contributed by atoms with Crippen LogP contribution in [0, 0.1) is 17.8 Å². The molecule has 0 radical (unpaired) electrons. The quantitative estimate of drug-likeness (QED) is 0.783. The Balaban J connectivity index is 1.97. The van der Waals surface area contributed by atoms with Crippen LogP contribution in [0.5, 0.6) is 0 Å². The molecule has 1 saturated heterocycles. The van der Waals surface area contributed by atoms with Gasteiger partial charge in [0.25, 0.3) is 0 Å². The number of hydrogen-bond donors (Lipinski definition) is 0. The predicted molar refractivity (Wildman–Crippen MR) is 86.7 cm³/mol. The maximum atomic E-state index is 12.3. The van der Waals surface area contributed by atoms with Gasteiger partial charge < -0.3 is 14.4 Å². The van der Waals surface area contributed by atoms with Gasteiger partial charge in [-0.3, -0.25) is 4.79 Å². The first-order valence-corrected chi connectivity index (χ1v) is 8.10. The Bertz CT molecular complexity index is 531. The van der Waals surface area contributed by atoms with Gasteiger partial charge in [-0.25, -0.2) is 4.79 Å². The van der Waals surface area contributed by atoms with Crippen molar-refractivity contribution in [3.8, 4) is 0 Å². The summed E-state index contributed by atoms with van der Waals surface area (Å²) in [5.74, 6) is -0.0318. The van der Waals surface area contributed by atoms with Gasteiger partial charge >= 0.3 is 12.1 Å². The standard InChI is InChI=1S/C18H25NO4/c1-4-13(2)15-10-19(11-16(15)17(20)22-3)18(21)23-12-14-8-6-5-7-9-14/h5-9,13,15-16H,4,10-12H2,1-3H3/t13-,15?,16?/m1/s1. The summed E-state index contributed by atoms with van der Waals surface area (Å²) in [6, 6.07) is 9.56. The topological polar surface area (TPSA) is 55.8 Å². The third-order valence-electron chi connectivity index (χ3n) is 4.71. The number of esters is 1. The maximum absolute atomic E-state index is 12.3. The molecule has 0 bridgehead atoms. The highest BCUT2D eigenvalue weighted by molar-refractivity contribution is 5.76. The smallest absolute Gasteiger partial charge is 0.410 e. The fourth-order valence-corrected chi connectivity index (χ4v) is 3.07. The summed E-state index contributed by atoms with van der Waals surface area (Å²) in [4.78, 5) is 25.9. The van der Waals surface area contributed by atoms with Crippen LogP contribution in [-0.4, -0.2) is 37.2 Å². The van der Waals surface area contributed by atoms with Crippen LogP contribution in [0.1, 0.15) is 25.8 Å². The van der Waals surface area contributed by atoms with Gasteiger partial charge in [-0.2, -0.15) is 0 Å². The van der Waals surface area contributed by atoms with E-state index in [1.807, 2.05) is 30.3 Å². The Kier molecular flexibility index (Phi) is 6.02. The van der Waals surface area contributed by atoms with Gasteiger partial charge in [0.15, 0.2) is 0 Å². The van der Waals surface area contributed by atoms with Crippen LogP contribution in [0.2, 0.25) is 0 Å². The molecule has 23 heavy (non-hydrogen) atoms. The summed E-state index contributed by atoms with van der Waals surface area (Å²) in [5.41, 5.74) is 0.947. The Morgan fingerprint density at radius 2 is 1.96 bits per heavy atom. The fraction of sp³-hybridized carbons (Fsp3) is 0.556. The molecule has 2 unspecified atom stereocenters.